The number of fused-ring (bicyclic) bond motifs is 1. The molecule has 0 fully saturated rings. The summed E-state index contributed by atoms with van der Waals surface area (Å²) >= 11 is 1.80. The molecule has 2 unspecified atom stereocenters. The van der Waals surface area contributed by atoms with E-state index in [0.29, 0.717) is 0 Å². The summed E-state index contributed by atoms with van der Waals surface area (Å²) in [5.41, 5.74) is 7.29. The maximum atomic E-state index is 12.7. The molecule has 2 N–H and O–H groups in total. The number of hydrogen-bond donors (Lipinski definition) is 1. The van der Waals surface area contributed by atoms with Crippen LogP contribution in [-0.2, 0) is 11.2 Å². The summed E-state index contributed by atoms with van der Waals surface area (Å²) in [6.45, 7) is 9.01. The Labute approximate surface area is 119 Å². The van der Waals surface area contributed by atoms with E-state index in [4.69, 9.17) is 5.73 Å². The first-order chi connectivity index (χ1) is 8.86. The predicted octanol–water partition coefficient (Wildman–Crippen LogP) is 2.96. The van der Waals surface area contributed by atoms with Crippen LogP contribution in [0.5, 0.6) is 0 Å². The number of hydrogen-bond acceptors (Lipinski definition) is 3. The summed E-state index contributed by atoms with van der Waals surface area (Å²) in [5.74, 6) is 0.0937. The molecule has 1 amide bonds. The van der Waals surface area contributed by atoms with Crippen molar-refractivity contribution >= 4 is 17.2 Å². The monoisotopic (exact) mass is 280 g/mol. The van der Waals surface area contributed by atoms with Gasteiger partial charge in [-0.2, -0.15) is 0 Å². The highest BCUT2D eigenvalue weighted by atomic mass is 32.1. The summed E-state index contributed by atoms with van der Waals surface area (Å²) in [6, 6.07) is 1.94. The van der Waals surface area contributed by atoms with Gasteiger partial charge in [-0.15, -0.1) is 11.3 Å². The van der Waals surface area contributed by atoms with E-state index in [-0.39, 0.29) is 17.4 Å². The van der Waals surface area contributed by atoms with Crippen molar-refractivity contribution in [3.63, 3.8) is 0 Å². The van der Waals surface area contributed by atoms with Crippen LogP contribution in [-0.4, -0.2) is 23.4 Å². The molecule has 106 valence electrons. The van der Waals surface area contributed by atoms with Gasteiger partial charge in [0, 0.05) is 11.4 Å². The third-order valence-corrected chi connectivity index (χ3v) is 4.96. The maximum Gasteiger partial charge on any atom is 0.240 e. The van der Waals surface area contributed by atoms with Gasteiger partial charge in [-0.25, -0.2) is 0 Å². The highest BCUT2D eigenvalue weighted by Crippen LogP contribution is 2.36. The first kappa shape index (κ1) is 14.5. The smallest absolute Gasteiger partial charge is 0.240 e. The van der Waals surface area contributed by atoms with Crippen molar-refractivity contribution in [1.82, 2.24) is 4.90 Å². The Balaban J connectivity index is 2.24. The molecule has 0 radical (unpaired) electrons. The van der Waals surface area contributed by atoms with Crippen molar-refractivity contribution in [2.24, 2.45) is 11.1 Å². The molecule has 3 nitrogen and oxygen atoms in total. The van der Waals surface area contributed by atoms with Crippen LogP contribution in [0.15, 0.2) is 11.4 Å². The van der Waals surface area contributed by atoms with Crippen molar-refractivity contribution < 1.29 is 4.79 Å². The number of carbonyl (C=O) groups excluding carboxylic acids is 1. The lowest BCUT2D eigenvalue weighted by atomic mass is 9.85. The van der Waals surface area contributed by atoms with E-state index in [1.165, 1.54) is 10.4 Å². The van der Waals surface area contributed by atoms with E-state index in [1.807, 2.05) is 25.7 Å². The van der Waals surface area contributed by atoms with Crippen molar-refractivity contribution in [3.05, 3.63) is 21.9 Å². The summed E-state index contributed by atoms with van der Waals surface area (Å²) in [5, 5.41) is 2.13. The Hall–Kier alpha value is -0.870. The molecule has 2 atom stereocenters. The molecular weight excluding hydrogens is 256 g/mol. The van der Waals surface area contributed by atoms with Crippen molar-refractivity contribution in [1.29, 1.82) is 0 Å². The van der Waals surface area contributed by atoms with Crippen LogP contribution in [0.25, 0.3) is 0 Å². The first-order valence-electron chi connectivity index (χ1n) is 6.98. The van der Waals surface area contributed by atoms with Gasteiger partial charge in [-0.05, 0) is 35.3 Å². The molecular formula is C15H24N2OS. The third kappa shape index (κ3) is 2.70. The highest BCUT2D eigenvalue weighted by molar-refractivity contribution is 7.10. The molecule has 1 aromatic rings. The van der Waals surface area contributed by atoms with Gasteiger partial charge < -0.3 is 10.6 Å². The average Bonchev–Trinajstić information content (AvgIpc) is 2.82. The Morgan fingerprint density at radius 2 is 2.26 bits per heavy atom. The molecule has 2 rings (SSSR count). The minimum Gasteiger partial charge on any atom is -0.334 e. The molecule has 0 saturated heterocycles. The largest absolute Gasteiger partial charge is 0.334 e. The van der Waals surface area contributed by atoms with Crippen LogP contribution in [0.1, 0.15) is 50.6 Å². The summed E-state index contributed by atoms with van der Waals surface area (Å²) < 4.78 is 0. The predicted molar refractivity (Wildman–Crippen MR) is 80.2 cm³/mol. The zero-order chi connectivity index (χ0) is 14.2. The second kappa shape index (κ2) is 5.25. The molecule has 4 heteroatoms. The van der Waals surface area contributed by atoms with Gasteiger partial charge in [-0.3, -0.25) is 4.79 Å². The van der Waals surface area contributed by atoms with E-state index >= 15 is 0 Å². The zero-order valence-corrected chi connectivity index (χ0v) is 13.1. The fraction of sp³-hybridized carbons (Fsp3) is 0.667. The summed E-state index contributed by atoms with van der Waals surface area (Å²) in [4.78, 5) is 16.1. The minimum atomic E-state index is -0.429. The van der Waals surface area contributed by atoms with Crippen molar-refractivity contribution in [2.75, 3.05) is 6.54 Å². The summed E-state index contributed by atoms with van der Waals surface area (Å²) in [7, 11) is 0. The highest BCUT2D eigenvalue weighted by Gasteiger charge is 2.36. The molecule has 1 aromatic heterocycles. The molecule has 0 bridgehead atoms. The number of thiophene rings is 1. The second-order valence-corrected chi connectivity index (χ2v) is 7.35. The second-order valence-electron chi connectivity index (χ2n) is 6.35. The molecule has 0 aliphatic carbocycles. The number of amides is 1. The Morgan fingerprint density at radius 3 is 2.84 bits per heavy atom. The van der Waals surface area contributed by atoms with Gasteiger partial charge in [-0.1, -0.05) is 27.7 Å². The lowest BCUT2D eigenvalue weighted by molar-refractivity contribution is -0.138. The van der Waals surface area contributed by atoms with E-state index < -0.39 is 6.04 Å². The van der Waals surface area contributed by atoms with Crippen molar-refractivity contribution in [2.45, 2.75) is 52.6 Å². The fourth-order valence-electron chi connectivity index (χ4n) is 2.65. The molecule has 2 heterocycles. The third-order valence-electron chi connectivity index (χ3n) is 3.96. The van der Waals surface area contributed by atoms with Crippen molar-refractivity contribution in [3.8, 4) is 0 Å². The quantitative estimate of drug-likeness (QED) is 0.905. The lowest BCUT2D eigenvalue weighted by Gasteiger charge is -2.39. The van der Waals surface area contributed by atoms with Crippen LogP contribution in [0.4, 0.5) is 0 Å². The van der Waals surface area contributed by atoms with Crippen LogP contribution in [0.3, 0.4) is 0 Å². The zero-order valence-electron chi connectivity index (χ0n) is 12.3. The van der Waals surface area contributed by atoms with E-state index in [1.54, 1.807) is 11.3 Å². The van der Waals surface area contributed by atoms with E-state index in [0.717, 1.165) is 19.4 Å². The number of carbonyl (C=O) groups is 1. The van der Waals surface area contributed by atoms with Gasteiger partial charge >= 0.3 is 0 Å². The van der Waals surface area contributed by atoms with Gasteiger partial charge in [0.05, 0.1) is 12.1 Å². The van der Waals surface area contributed by atoms with Crippen LogP contribution in [0.2, 0.25) is 0 Å². The minimum absolute atomic E-state index is 0.0937. The Morgan fingerprint density at radius 1 is 1.58 bits per heavy atom. The molecule has 0 aromatic carbocycles. The fourth-order valence-corrected chi connectivity index (χ4v) is 3.58. The molecule has 0 saturated carbocycles. The average molecular weight is 280 g/mol. The SMILES string of the molecule is CCC1c2ccsc2CCN1C(=O)C(N)C(C)(C)C. The van der Waals surface area contributed by atoms with Crippen LogP contribution < -0.4 is 5.73 Å². The van der Waals surface area contributed by atoms with E-state index in [2.05, 4.69) is 18.4 Å². The van der Waals surface area contributed by atoms with Gasteiger partial charge in [0.15, 0.2) is 0 Å². The standard InChI is InChI=1S/C15H24N2OS/c1-5-11-10-7-9-19-12(10)6-8-17(11)14(18)13(16)15(2,3)4/h7,9,11,13H,5-6,8,16H2,1-4H3. The maximum absolute atomic E-state index is 12.7. The topological polar surface area (TPSA) is 46.3 Å². The van der Waals surface area contributed by atoms with Gasteiger partial charge in [0.1, 0.15) is 0 Å². The number of nitrogens with two attached hydrogens (primary N) is 1. The number of nitrogens with zero attached hydrogens (tertiary/aromatic N) is 1. The Kier molecular flexibility index (Phi) is 4.02. The van der Waals surface area contributed by atoms with Gasteiger partial charge in [0.2, 0.25) is 5.91 Å². The van der Waals surface area contributed by atoms with Crippen LogP contribution >= 0.6 is 11.3 Å². The molecule has 1 aliphatic rings. The molecule has 0 spiro atoms. The molecule has 19 heavy (non-hydrogen) atoms. The normalized spacial score (nSPS) is 21.1. The Bertz CT molecular complexity index is 461. The van der Waals surface area contributed by atoms with E-state index in [9.17, 15) is 4.79 Å². The van der Waals surface area contributed by atoms with Crippen LogP contribution in [0, 0.1) is 5.41 Å². The number of rotatable bonds is 2. The molecule has 1 aliphatic heterocycles. The van der Waals surface area contributed by atoms with Gasteiger partial charge in [0.25, 0.3) is 0 Å². The lowest BCUT2D eigenvalue weighted by Crippen LogP contribution is -2.52. The summed E-state index contributed by atoms with van der Waals surface area (Å²) in [6.07, 6.45) is 1.92. The first-order valence-corrected chi connectivity index (χ1v) is 7.86.